The third kappa shape index (κ3) is 3.32. The highest BCUT2D eigenvalue weighted by atomic mass is 14.3. The molecule has 0 N–H and O–H groups in total. The molecule has 0 aromatic heterocycles. The SMILES string of the molecule is CC1=Cc2cccc(-c3cc(C(C)(C)C)cc(C(C)(C)C)c3)c2C1C. The molecule has 0 saturated carbocycles. The summed E-state index contributed by atoms with van der Waals surface area (Å²) in [5.41, 5.74) is 10.2. The molecule has 0 aliphatic heterocycles. The number of hydrogen-bond acceptors (Lipinski definition) is 0. The number of hydrogen-bond donors (Lipinski definition) is 0. The maximum Gasteiger partial charge on any atom is 0.00324 e. The smallest absolute Gasteiger partial charge is 0.00324 e. The summed E-state index contributed by atoms with van der Waals surface area (Å²) in [5, 5.41) is 0. The second-order valence-corrected chi connectivity index (χ2v) is 9.72. The van der Waals surface area contributed by atoms with Crippen LogP contribution in [0.3, 0.4) is 0 Å². The lowest BCUT2D eigenvalue weighted by atomic mass is 9.78. The summed E-state index contributed by atoms with van der Waals surface area (Å²) >= 11 is 0. The zero-order valence-corrected chi connectivity index (χ0v) is 17.1. The van der Waals surface area contributed by atoms with Gasteiger partial charge in [0.05, 0.1) is 0 Å². The molecule has 2 aromatic rings. The first-order chi connectivity index (χ1) is 11.5. The maximum absolute atomic E-state index is 2.41. The molecule has 1 atom stereocenters. The second kappa shape index (κ2) is 5.87. The van der Waals surface area contributed by atoms with Gasteiger partial charge in [-0.1, -0.05) is 96.5 Å². The summed E-state index contributed by atoms with van der Waals surface area (Å²) in [6.07, 6.45) is 2.35. The first kappa shape index (κ1) is 18.0. The van der Waals surface area contributed by atoms with E-state index in [-0.39, 0.29) is 10.8 Å². The van der Waals surface area contributed by atoms with Crippen molar-refractivity contribution in [3.05, 3.63) is 64.2 Å². The fourth-order valence-electron chi connectivity index (χ4n) is 3.69. The van der Waals surface area contributed by atoms with Crippen LogP contribution in [0.2, 0.25) is 0 Å². The number of fused-ring (bicyclic) bond motifs is 1. The Balaban J connectivity index is 2.25. The molecule has 0 radical (unpaired) electrons. The van der Waals surface area contributed by atoms with E-state index in [9.17, 15) is 0 Å². The van der Waals surface area contributed by atoms with Crippen LogP contribution in [-0.2, 0) is 10.8 Å². The minimum atomic E-state index is 0.147. The molecule has 1 aliphatic carbocycles. The van der Waals surface area contributed by atoms with Crippen LogP contribution < -0.4 is 0 Å². The number of benzene rings is 2. The lowest BCUT2D eigenvalue weighted by Gasteiger charge is -2.27. The fourth-order valence-corrected chi connectivity index (χ4v) is 3.69. The van der Waals surface area contributed by atoms with Crippen LogP contribution in [0.5, 0.6) is 0 Å². The largest absolute Gasteiger partial charge is 0.0655 e. The molecule has 0 saturated heterocycles. The Morgan fingerprint density at radius 2 is 1.36 bits per heavy atom. The van der Waals surface area contributed by atoms with Crippen molar-refractivity contribution < 1.29 is 0 Å². The van der Waals surface area contributed by atoms with Crippen molar-refractivity contribution in [1.29, 1.82) is 0 Å². The topological polar surface area (TPSA) is 0 Å². The minimum Gasteiger partial charge on any atom is -0.0655 e. The highest BCUT2D eigenvalue weighted by molar-refractivity contribution is 5.79. The Hall–Kier alpha value is -1.82. The van der Waals surface area contributed by atoms with Crippen LogP contribution in [0.15, 0.2) is 42.0 Å². The third-order valence-corrected chi connectivity index (χ3v) is 5.62. The molecule has 1 aliphatic rings. The van der Waals surface area contributed by atoms with Gasteiger partial charge in [-0.15, -0.1) is 0 Å². The van der Waals surface area contributed by atoms with Gasteiger partial charge < -0.3 is 0 Å². The normalized spacial score (nSPS) is 17.4. The van der Waals surface area contributed by atoms with E-state index in [0.717, 1.165) is 0 Å². The zero-order valence-electron chi connectivity index (χ0n) is 17.1. The van der Waals surface area contributed by atoms with Crippen LogP contribution in [0.1, 0.15) is 83.6 Å². The fraction of sp³-hybridized carbons (Fsp3) is 0.440. The van der Waals surface area contributed by atoms with E-state index in [1.807, 2.05) is 0 Å². The van der Waals surface area contributed by atoms with Crippen molar-refractivity contribution in [3.63, 3.8) is 0 Å². The van der Waals surface area contributed by atoms with Crippen molar-refractivity contribution in [2.45, 2.75) is 72.1 Å². The molecule has 132 valence electrons. The summed E-state index contributed by atoms with van der Waals surface area (Å²) in [5.74, 6) is 0.502. The predicted octanol–water partition coefficient (Wildman–Crippen LogP) is 7.47. The van der Waals surface area contributed by atoms with Crippen molar-refractivity contribution in [2.24, 2.45) is 0 Å². The molecule has 0 bridgehead atoms. The molecule has 0 amide bonds. The average molecular weight is 333 g/mol. The van der Waals surface area contributed by atoms with Crippen LogP contribution >= 0.6 is 0 Å². The molecular formula is C25H32. The van der Waals surface area contributed by atoms with Gasteiger partial charge in [0, 0.05) is 5.92 Å². The highest BCUT2D eigenvalue weighted by Crippen LogP contribution is 2.43. The quantitative estimate of drug-likeness (QED) is 0.508. The van der Waals surface area contributed by atoms with Gasteiger partial charge in [0.25, 0.3) is 0 Å². The van der Waals surface area contributed by atoms with Gasteiger partial charge >= 0.3 is 0 Å². The lowest BCUT2D eigenvalue weighted by molar-refractivity contribution is 0.569. The Morgan fingerprint density at radius 3 is 1.88 bits per heavy atom. The lowest BCUT2D eigenvalue weighted by Crippen LogP contribution is -2.16. The summed E-state index contributed by atoms with van der Waals surface area (Å²) < 4.78 is 0. The number of rotatable bonds is 1. The molecule has 2 aromatic carbocycles. The molecule has 1 unspecified atom stereocenters. The average Bonchev–Trinajstić information content (AvgIpc) is 2.80. The van der Waals surface area contributed by atoms with Gasteiger partial charge in [-0.05, 0) is 51.1 Å². The predicted molar refractivity (Wildman–Crippen MR) is 111 cm³/mol. The molecule has 0 nitrogen and oxygen atoms in total. The Morgan fingerprint density at radius 1 is 0.800 bits per heavy atom. The zero-order chi connectivity index (χ0) is 18.6. The standard InChI is InChI=1S/C25H32/c1-16-12-18-10-9-11-22(23(18)17(16)2)19-13-20(24(3,4)5)15-21(14-19)25(6,7)8/h9-15,17H,1-8H3. The molecule has 25 heavy (non-hydrogen) atoms. The third-order valence-electron chi connectivity index (χ3n) is 5.62. The van der Waals surface area contributed by atoms with E-state index in [1.165, 1.54) is 39.0 Å². The van der Waals surface area contributed by atoms with Gasteiger partial charge in [0.2, 0.25) is 0 Å². The van der Waals surface area contributed by atoms with Crippen LogP contribution in [0.4, 0.5) is 0 Å². The van der Waals surface area contributed by atoms with Crippen LogP contribution in [0, 0.1) is 0 Å². The summed E-state index contributed by atoms with van der Waals surface area (Å²) in [6.45, 7) is 18.4. The Kier molecular flexibility index (Phi) is 4.22. The minimum absolute atomic E-state index is 0.147. The Labute approximate surface area is 154 Å². The van der Waals surface area contributed by atoms with Gasteiger partial charge in [-0.25, -0.2) is 0 Å². The van der Waals surface area contributed by atoms with E-state index in [2.05, 4.69) is 97.9 Å². The summed E-state index contributed by atoms with van der Waals surface area (Å²) in [7, 11) is 0. The molecule has 0 heteroatoms. The van der Waals surface area contributed by atoms with E-state index in [0.29, 0.717) is 5.92 Å². The molecule has 0 fully saturated rings. The van der Waals surface area contributed by atoms with Crippen molar-refractivity contribution in [2.75, 3.05) is 0 Å². The van der Waals surface area contributed by atoms with Crippen LogP contribution in [0.25, 0.3) is 17.2 Å². The van der Waals surface area contributed by atoms with E-state index < -0.39 is 0 Å². The summed E-state index contributed by atoms with van der Waals surface area (Å²) in [4.78, 5) is 0. The maximum atomic E-state index is 2.41. The van der Waals surface area contributed by atoms with Gasteiger partial charge in [0.15, 0.2) is 0 Å². The Bertz CT molecular complexity index is 803. The monoisotopic (exact) mass is 332 g/mol. The highest BCUT2D eigenvalue weighted by Gasteiger charge is 2.25. The van der Waals surface area contributed by atoms with E-state index in [4.69, 9.17) is 0 Å². The van der Waals surface area contributed by atoms with Gasteiger partial charge in [-0.2, -0.15) is 0 Å². The van der Waals surface area contributed by atoms with Crippen molar-refractivity contribution in [3.8, 4) is 11.1 Å². The molecule has 0 spiro atoms. The van der Waals surface area contributed by atoms with Crippen molar-refractivity contribution in [1.82, 2.24) is 0 Å². The number of allylic oxidation sites excluding steroid dienone is 1. The molecular weight excluding hydrogens is 300 g/mol. The van der Waals surface area contributed by atoms with Crippen LogP contribution in [-0.4, -0.2) is 0 Å². The first-order valence-corrected chi connectivity index (χ1v) is 9.46. The molecule has 0 heterocycles. The van der Waals surface area contributed by atoms with E-state index in [1.54, 1.807) is 0 Å². The van der Waals surface area contributed by atoms with Gasteiger partial charge in [0.1, 0.15) is 0 Å². The van der Waals surface area contributed by atoms with Gasteiger partial charge in [-0.3, -0.25) is 0 Å². The van der Waals surface area contributed by atoms with E-state index >= 15 is 0 Å². The molecule has 3 rings (SSSR count). The second-order valence-electron chi connectivity index (χ2n) is 9.72. The summed E-state index contributed by atoms with van der Waals surface area (Å²) in [6, 6.07) is 14.0. The first-order valence-electron chi connectivity index (χ1n) is 9.46. The van der Waals surface area contributed by atoms with Crippen molar-refractivity contribution >= 4 is 6.08 Å².